The van der Waals surface area contributed by atoms with Crippen molar-refractivity contribution in [2.45, 2.75) is 13.3 Å². The number of nitrogens with zero attached hydrogens (tertiary/aromatic N) is 2. The number of rotatable bonds is 5. The summed E-state index contributed by atoms with van der Waals surface area (Å²) in [6.45, 7) is 2.14. The van der Waals surface area contributed by atoms with Crippen LogP contribution in [-0.4, -0.2) is 17.1 Å². The predicted octanol–water partition coefficient (Wildman–Crippen LogP) is 4.46. The van der Waals surface area contributed by atoms with Crippen LogP contribution in [0.4, 0.5) is 11.6 Å². The van der Waals surface area contributed by atoms with Gasteiger partial charge in [0.1, 0.15) is 5.75 Å². The average Bonchev–Trinajstić information content (AvgIpc) is 2.63. The second kappa shape index (κ2) is 6.92. The van der Waals surface area contributed by atoms with Gasteiger partial charge >= 0.3 is 0 Å². The normalized spacial score (nSPS) is 10.3. The summed E-state index contributed by atoms with van der Waals surface area (Å²) in [4.78, 5) is 8.76. The van der Waals surface area contributed by atoms with E-state index in [0.717, 1.165) is 29.0 Å². The standard InChI is InChI=1S/C19H19N3O/c1-3-14-4-8-17(9-5-14)22-19-20-12-16(13-21-19)15-6-10-18(23-2)11-7-15/h4-13H,3H2,1-2H3,(H,20,21,22). The van der Waals surface area contributed by atoms with Crippen molar-refractivity contribution in [3.8, 4) is 16.9 Å². The van der Waals surface area contributed by atoms with Crippen molar-refractivity contribution in [3.63, 3.8) is 0 Å². The van der Waals surface area contributed by atoms with Crippen molar-refractivity contribution in [3.05, 3.63) is 66.5 Å². The van der Waals surface area contributed by atoms with E-state index in [9.17, 15) is 0 Å². The topological polar surface area (TPSA) is 47.0 Å². The molecule has 0 aliphatic heterocycles. The first-order valence-corrected chi connectivity index (χ1v) is 7.61. The Morgan fingerprint density at radius 3 is 2.09 bits per heavy atom. The largest absolute Gasteiger partial charge is 0.497 e. The highest BCUT2D eigenvalue weighted by Crippen LogP contribution is 2.22. The lowest BCUT2D eigenvalue weighted by atomic mass is 10.1. The maximum absolute atomic E-state index is 5.17. The SMILES string of the molecule is CCc1ccc(Nc2ncc(-c3ccc(OC)cc3)cn2)cc1. The zero-order chi connectivity index (χ0) is 16.1. The highest BCUT2D eigenvalue weighted by molar-refractivity contribution is 5.63. The van der Waals surface area contributed by atoms with E-state index >= 15 is 0 Å². The third kappa shape index (κ3) is 3.66. The number of nitrogens with one attached hydrogen (secondary N) is 1. The number of anilines is 2. The van der Waals surface area contributed by atoms with Gasteiger partial charge in [0.25, 0.3) is 0 Å². The van der Waals surface area contributed by atoms with Crippen molar-refractivity contribution >= 4 is 11.6 Å². The fourth-order valence-electron chi connectivity index (χ4n) is 2.28. The van der Waals surface area contributed by atoms with Crippen LogP contribution < -0.4 is 10.1 Å². The summed E-state index contributed by atoms with van der Waals surface area (Å²) in [7, 11) is 1.66. The van der Waals surface area contributed by atoms with Gasteiger partial charge in [0, 0.05) is 23.6 Å². The fourth-order valence-corrected chi connectivity index (χ4v) is 2.28. The molecule has 0 unspecified atom stereocenters. The molecule has 2 aromatic carbocycles. The minimum absolute atomic E-state index is 0.589. The molecule has 0 fully saturated rings. The zero-order valence-electron chi connectivity index (χ0n) is 13.3. The van der Waals surface area contributed by atoms with Crippen LogP contribution in [0.15, 0.2) is 60.9 Å². The van der Waals surface area contributed by atoms with E-state index in [0.29, 0.717) is 5.95 Å². The number of aromatic nitrogens is 2. The molecule has 4 heteroatoms. The number of aryl methyl sites for hydroxylation is 1. The van der Waals surface area contributed by atoms with Crippen LogP contribution in [0, 0.1) is 0 Å². The van der Waals surface area contributed by atoms with Gasteiger partial charge in [-0.25, -0.2) is 9.97 Å². The van der Waals surface area contributed by atoms with E-state index in [4.69, 9.17) is 4.74 Å². The van der Waals surface area contributed by atoms with Crippen LogP contribution >= 0.6 is 0 Å². The monoisotopic (exact) mass is 305 g/mol. The quantitative estimate of drug-likeness (QED) is 0.756. The van der Waals surface area contributed by atoms with Gasteiger partial charge in [-0.1, -0.05) is 31.2 Å². The summed E-state index contributed by atoms with van der Waals surface area (Å²) in [5.74, 6) is 1.43. The maximum Gasteiger partial charge on any atom is 0.227 e. The molecule has 1 N–H and O–H groups in total. The van der Waals surface area contributed by atoms with Crippen LogP contribution in [0.1, 0.15) is 12.5 Å². The molecule has 1 aromatic heterocycles. The summed E-state index contributed by atoms with van der Waals surface area (Å²) >= 11 is 0. The van der Waals surface area contributed by atoms with Crippen LogP contribution in [0.25, 0.3) is 11.1 Å². The van der Waals surface area contributed by atoms with E-state index in [1.165, 1.54) is 5.56 Å². The summed E-state index contributed by atoms with van der Waals surface area (Å²) < 4.78 is 5.17. The molecule has 0 atom stereocenters. The molecule has 0 saturated carbocycles. The molecule has 116 valence electrons. The maximum atomic E-state index is 5.17. The molecule has 0 saturated heterocycles. The molecular weight excluding hydrogens is 286 g/mol. The summed E-state index contributed by atoms with van der Waals surface area (Å²) in [6.07, 6.45) is 4.67. The highest BCUT2D eigenvalue weighted by Gasteiger charge is 2.02. The van der Waals surface area contributed by atoms with Crippen molar-refractivity contribution in [1.82, 2.24) is 9.97 Å². The van der Waals surface area contributed by atoms with Crippen LogP contribution in [0.5, 0.6) is 5.75 Å². The molecule has 0 spiro atoms. The fraction of sp³-hybridized carbons (Fsp3) is 0.158. The van der Waals surface area contributed by atoms with Crippen molar-refractivity contribution < 1.29 is 4.74 Å². The average molecular weight is 305 g/mol. The summed E-state index contributed by atoms with van der Waals surface area (Å²) in [5, 5.41) is 3.21. The molecule has 0 aliphatic carbocycles. The van der Waals surface area contributed by atoms with Gasteiger partial charge in [-0.2, -0.15) is 0 Å². The second-order valence-corrected chi connectivity index (χ2v) is 5.20. The molecule has 0 bridgehead atoms. The lowest BCUT2D eigenvalue weighted by Gasteiger charge is -2.07. The van der Waals surface area contributed by atoms with Crippen molar-refractivity contribution in [1.29, 1.82) is 0 Å². The van der Waals surface area contributed by atoms with Gasteiger partial charge < -0.3 is 10.1 Å². The van der Waals surface area contributed by atoms with Gasteiger partial charge in [-0.3, -0.25) is 0 Å². The number of hydrogen-bond donors (Lipinski definition) is 1. The minimum Gasteiger partial charge on any atom is -0.497 e. The molecule has 0 radical (unpaired) electrons. The molecule has 1 heterocycles. The van der Waals surface area contributed by atoms with Crippen LogP contribution in [0.3, 0.4) is 0 Å². The van der Waals surface area contributed by atoms with E-state index in [1.807, 2.05) is 48.8 Å². The Kier molecular flexibility index (Phi) is 4.52. The Morgan fingerprint density at radius 2 is 1.52 bits per heavy atom. The number of methoxy groups -OCH3 is 1. The first-order valence-electron chi connectivity index (χ1n) is 7.61. The van der Waals surface area contributed by atoms with Gasteiger partial charge in [-0.15, -0.1) is 0 Å². The molecule has 0 amide bonds. The molecule has 3 rings (SSSR count). The molecule has 3 aromatic rings. The van der Waals surface area contributed by atoms with Gasteiger partial charge in [0.15, 0.2) is 0 Å². The Balaban J connectivity index is 1.72. The second-order valence-electron chi connectivity index (χ2n) is 5.20. The van der Waals surface area contributed by atoms with Gasteiger partial charge in [0.2, 0.25) is 5.95 Å². The minimum atomic E-state index is 0.589. The number of hydrogen-bond acceptors (Lipinski definition) is 4. The number of benzene rings is 2. The Morgan fingerprint density at radius 1 is 0.870 bits per heavy atom. The zero-order valence-corrected chi connectivity index (χ0v) is 13.3. The lowest BCUT2D eigenvalue weighted by molar-refractivity contribution is 0.415. The Bertz CT molecular complexity index is 750. The van der Waals surface area contributed by atoms with Crippen LogP contribution in [-0.2, 0) is 6.42 Å². The van der Waals surface area contributed by atoms with Gasteiger partial charge in [-0.05, 0) is 41.8 Å². The van der Waals surface area contributed by atoms with Crippen molar-refractivity contribution in [2.24, 2.45) is 0 Å². The first kappa shape index (κ1) is 15.0. The third-order valence-corrected chi connectivity index (χ3v) is 3.69. The van der Waals surface area contributed by atoms with E-state index in [-0.39, 0.29) is 0 Å². The molecular formula is C19H19N3O. The molecule has 4 nitrogen and oxygen atoms in total. The van der Waals surface area contributed by atoms with E-state index in [2.05, 4.69) is 34.3 Å². The number of ether oxygens (including phenoxy) is 1. The predicted molar refractivity (Wildman–Crippen MR) is 93.1 cm³/mol. The smallest absolute Gasteiger partial charge is 0.227 e. The highest BCUT2D eigenvalue weighted by atomic mass is 16.5. The summed E-state index contributed by atoms with van der Waals surface area (Å²) in [5.41, 5.74) is 4.33. The van der Waals surface area contributed by atoms with E-state index in [1.54, 1.807) is 7.11 Å². The Hall–Kier alpha value is -2.88. The first-order chi connectivity index (χ1) is 11.3. The summed E-state index contributed by atoms with van der Waals surface area (Å²) in [6, 6.07) is 16.1. The van der Waals surface area contributed by atoms with Gasteiger partial charge in [0.05, 0.1) is 7.11 Å². The van der Waals surface area contributed by atoms with E-state index < -0.39 is 0 Å². The van der Waals surface area contributed by atoms with Crippen molar-refractivity contribution in [2.75, 3.05) is 12.4 Å². The van der Waals surface area contributed by atoms with Crippen LogP contribution in [0.2, 0.25) is 0 Å². The Labute approximate surface area is 136 Å². The molecule has 23 heavy (non-hydrogen) atoms. The third-order valence-electron chi connectivity index (χ3n) is 3.69. The molecule has 0 aliphatic rings. The lowest BCUT2D eigenvalue weighted by Crippen LogP contribution is -1.97.